The number of nitrogens with one attached hydrogen (secondary N) is 1. The molecule has 3 nitrogen and oxygen atoms in total. The van der Waals surface area contributed by atoms with E-state index in [-0.39, 0.29) is 5.97 Å². The largest absolute Gasteiger partial charge is 0.465 e. The van der Waals surface area contributed by atoms with E-state index in [0.717, 1.165) is 18.7 Å². The summed E-state index contributed by atoms with van der Waals surface area (Å²) in [5.41, 5.74) is 2.56. The predicted octanol–water partition coefficient (Wildman–Crippen LogP) is 1.54. The van der Waals surface area contributed by atoms with Crippen molar-refractivity contribution in [2.24, 2.45) is 0 Å². The highest BCUT2D eigenvalue weighted by atomic mass is 16.5. The third-order valence-corrected chi connectivity index (χ3v) is 2.17. The van der Waals surface area contributed by atoms with E-state index in [0.29, 0.717) is 5.57 Å². The fourth-order valence-electron chi connectivity index (χ4n) is 1.39. The van der Waals surface area contributed by atoms with E-state index in [1.165, 1.54) is 12.7 Å². The van der Waals surface area contributed by atoms with Gasteiger partial charge in [0.2, 0.25) is 0 Å². The SMILES string of the molecule is C=C(/C=C1/NCC/C1=C/C)C(=O)OC. The minimum absolute atomic E-state index is 0.372. The summed E-state index contributed by atoms with van der Waals surface area (Å²) in [6, 6.07) is 0. The van der Waals surface area contributed by atoms with Gasteiger partial charge < -0.3 is 10.1 Å². The summed E-state index contributed by atoms with van der Waals surface area (Å²) in [5, 5.41) is 3.19. The molecule has 1 saturated heterocycles. The first kappa shape index (κ1) is 10.6. The van der Waals surface area contributed by atoms with Crippen molar-refractivity contribution in [2.75, 3.05) is 13.7 Å². The highest BCUT2D eigenvalue weighted by Gasteiger charge is 2.13. The maximum atomic E-state index is 11.1. The lowest BCUT2D eigenvalue weighted by atomic mass is 10.1. The van der Waals surface area contributed by atoms with Gasteiger partial charge in [0.1, 0.15) is 0 Å². The Bertz CT molecular complexity index is 313. The maximum Gasteiger partial charge on any atom is 0.337 e. The summed E-state index contributed by atoms with van der Waals surface area (Å²) >= 11 is 0. The minimum Gasteiger partial charge on any atom is -0.465 e. The van der Waals surface area contributed by atoms with Gasteiger partial charge in [0.05, 0.1) is 12.7 Å². The third kappa shape index (κ3) is 2.25. The first-order valence-corrected chi connectivity index (χ1v) is 4.57. The van der Waals surface area contributed by atoms with Crippen LogP contribution >= 0.6 is 0 Å². The van der Waals surface area contributed by atoms with Gasteiger partial charge in [0, 0.05) is 12.2 Å². The van der Waals surface area contributed by atoms with Crippen LogP contribution in [0.3, 0.4) is 0 Å². The molecule has 1 aliphatic heterocycles. The Morgan fingerprint density at radius 2 is 2.36 bits per heavy atom. The lowest BCUT2D eigenvalue weighted by molar-refractivity contribution is -0.135. The van der Waals surface area contributed by atoms with Gasteiger partial charge in [0.25, 0.3) is 0 Å². The molecule has 0 aromatic carbocycles. The van der Waals surface area contributed by atoms with Crippen molar-refractivity contribution in [1.29, 1.82) is 0 Å². The minimum atomic E-state index is -0.387. The van der Waals surface area contributed by atoms with Crippen LogP contribution in [0, 0.1) is 0 Å². The van der Waals surface area contributed by atoms with Gasteiger partial charge in [-0.05, 0) is 25.0 Å². The Kier molecular flexibility index (Phi) is 3.51. The van der Waals surface area contributed by atoms with Gasteiger partial charge in [-0.25, -0.2) is 4.79 Å². The van der Waals surface area contributed by atoms with Crippen molar-refractivity contribution in [3.63, 3.8) is 0 Å². The summed E-state index contributed by atoms with van der Waals surface area (Å²) in [6.45, 7) is 6.54. The quantitative estimate of drug-likeness (QED) is 0.534. The molecule has 1 heterocycles. The molecule has 1 fully saturated rings. The molecule has 76 valence electrons. The molecule has 0 aromatic rings. The molecule has 0 amide bonds. The molecule has 1 aliphatic rings. The maximum absolute atomic E-state index is 11.1. The normalized spacial score (nSPS) is 21.0. The van der Waals surface area contributed by atoms with E-state index >= 15 is 0 Å². The zero-order chi connectivity index (χ0) is 10.6. The zero-order valence-electron chi connectivity index (χ0n) is 8.59. The van der Waals surface area contributed by atoms with Crippen molar-refractivity contribution in [1.82, 2.24) is 5.32 Å². The first-order chi connectivity index (χ1) is 6.69. The van der Waals surface area contributed by atoms with E-state index in [2.05, 4.69) is 16.6 Å². The van der Waals surface area contributed by atoms with Crippen LogP contribution in [0.15, 0.2) is 35.6 Å². The molecule has 1 rings (SSSR count). The summed E-state index contributed by atoms with van der Waals surface area (Å²) in [7, 11) is 1.35. The van der Waals surface area contributed by atoms with Gasteiger partial charge in [-0.2, -0.15) is 0 Å². The van der Waals surface area contributed by atoms with Crippen LogP contribution in [0.1, 0.15) is 13.3 Å². The molecule has 0 unspecified atom stereocenters. The zero-order valence-corrected chi connectivity index (χ0v) is 8.59. The Balaban J connectivity index is 2.78. The average molecular weight is 193 g/mol. The van der Waals surface area contributed by atoms with Crippen LogP contribution in [-0.2, 0) is 9.53 Å². The van der Waals surface area contributed by atoms with Crippen molar-refractivity contribution in [3.05, 3.63) is 35.6 Å². The van der Waals surface area contributed by atoms with E-state index < -0.39 is 0 Å². The summed E-state index contributed by atoms with van der Waals surface area (Å²) in [6.07, 6.45) is 4.77. The van der Waals surface area contributed by atoms with Crippen LogP contribution in [0.4, 0.5) is 0 Å². The predicted molar refractivity (Wildman–Crippen MR) is 55.6 cm³/mol. The fraction of sp³-hybridized carbons (Fsp3) is 0.364. The standard InChI is InChI=1S/C11H15NO2/c1-4-9-5-6-12-10(9)7-8(2)11(13)14-3/h4,7,12H,2,5-6H2,1,3H3/b9-4-,10-7+. The van der Waals surface area contributed by atoms with E-state index in [1.54, 1.807) is 6.08 Å². The summed E-state index contributed by atoms with van der Waals surface area (Å²) in [4.78, 5) is 11.1. The van der Waals surface area contributed by atoms with Crippen molar-refractivity contribution in [3.8, 4) is 0 Å². The first-order valence-electron chi connectivity index (χ1n) is 4.57. The van der Waals surface area contributed by atoms with Crippen molar-refractivity contribution >= 4 is 5.97 Å². The molecule has 14 heavy (non-hydrogen) atoms. The van der Waals surface area contributed by atoms with Gasteiger partial charge in [-0.1, -0.05) is 12.7 Å². The van der Waals surface area contributed by atoms with Crippen molar-refractivity contribution in [2.45, 2.75) is 13.3 Å². The number of hydrogen-bond donors (Lipinski definition) is 1. The number of methoxy groups -OCH3 is 1. The molecule has 0 bridgehead atoms. The molecular formula is C11H15NO2. The molecule has 0 radical (unpaired) electrons. The van der Waals surface area contributed by atoms with Crippen molar-refractivity contribution < 1.29 is 9.53 Å². The highest BCUT2D eigenvalue weighted by Crippen LogP contribution is 2.18. The third-order valence-electron chi connectivity index (χ3n) is 2.17. The second-order valence-corrected chi connectivity index (χ2v) is 3.07. The van der Waals surface area contributed by atoms with E-state index in [1.807, 2.05) is 13.0 Å². The number of allylic oxidation sites excluding steroid dienone is 2. The number of hydrogen-bond acceptors (Lipinski definition) is 3. The Morgan fingerprint density at radius 3 is 2.93 bits per heavy atom. The van der Waals surface area contributed by atoms with Gasteiger partial charge in [-0.3, -0.25) is 0 Å². The van der Waals surface area contributed by atoms with E-state index in [4.69, 9.17) is 0 Å². The van der Waals surface area contributed by atoms with Crippen LogP contribution in [-0.4, -0.2) is 19.6 Å². The summed E-state index contributed by atoms with van der Waals surface area (Å²) < 4.78 is 4.56. The Hall–Kier alpha value is -1.51. The molecular weight excluding hydrogens is 178 g/mol. The Labute approximate surface area is 84.1 Å². The van der Waals surface area contributed by atoms with Gasteiger partial charge >= 0.3 is 5.97 Å². The highest BCUT2D eigenvalue weighted by molar-refractivity contribution is 5.91. The van der Waals surface area contributed by atoms with Crippen LogP contribution < -0.4 is 5.32 Å². The second kappa shape index (κ2) is 4.65. The number of ether oxygens (including phenoxy) is 1. The molecule has 0 spiro atoms. The topological polar surface area (TPSA) is 38.3 Å². The molecule has 3 heteroatoms. The average Bonchev–Trinajstić information content (AvgIpc) is 2.63. The number of carbonyl (C=O) groups excluding carboxylic acids is 1. The van der Waals surface area contributed by atoms with Gasteiger partial charge in [0.15, 0.2) is 0 Å². The number of esters is 1. The number of rotatable bonds is 2. The lowest BCUT2D eigenvalue weighted by Crippen LogP contribution is -2.07. The lowest BCUT2D eigenvalue weighted by Gasteiger charge is -2.02. The van der Waals surface area contributed by atoms with E-state index in [9.17, 15) is 4.79 Å². The number of carbonyl (C=O) groups is 1. The van der Waals surface area contributed by atoms with Crippen LogP contribution in [0.25, 0.3) is 0 Å². The summed E-state index contributed by atoms with van der Waals surface area (Å²) in [5.74, 6) is -0.387. The fourth-order valence-corrected chi connectivity index (χ4v) is 1.39. The molecule has 1 N–H and O–H groups in total. The smallest absolute Gasteiger partial charge is 0.337 e. The molecule has 0 atom stereocenters. The molecule has 0 aromatic heterocycles. The van der Waals surface area contributed by atoms with Crippen LogP contribution in [0.5, 0.6) is 0 Å². The second-order valence-electron chi connectivity index (χ2n) is 3.07. The Morgan fingerprint density at radius 1 is 1.64 bits per heavy atom. The molecule has 0 aliphatic carbocycles. The molecule has 0 saturated carbocycles. The monoisotopic (exact) mass is 193 g/mol. The van der Waals surface area contributed by atoms with Crippen LogP contribution in [0.2, 0.25) is 0 Å². The van der Waals surface area contributed by atoms with Gasteiger partial charge in [-0.15, -0.1) is 0 Å².